The van der Waals surface area contributed by atoms with E-state index in [4.69, 9.17) is 16.3 Å². The lowest BCUT2D eigenvalue weighted by atomic mass is 10.4. The highest BCUT2D eigenvalue weighted by Crippen LogP contribution is 2.06. The monoisotopic (exact) mass is 234 g/mol. The number of hydrogen-bond acceptors (Lipinski definition) is 3. The van der Waals surface area contributed by atoms with Gasteiger partial charge in [0, 0.05) is 39.2 Å². The minimum Gasteiger partial charge on any atom is -0.383 e. The van der Waals surface area contributed by atoms with Crippen LogP contribution in [0.15, 0.2) is 0 Å². The molecule has 0 atom stereocenters. The van der Waals surface area contributed by atoms with Crippen LogP contribution in [0.25, 0.3) is 0 Å². The van der Waals surface area contributed by atoms with Gasteiger partial charge in [-0.25, -0.2) is 0 Å². The number of methoxy groups -OCH3 is 1. The maximum absolute atomic E-state index is 5.77. The van der Waals surface area contributed by atoms with E-state index in [9.17, 15) is 0 Å². The maximum Gasteiger partial charge on any atom is 0.0589 e. The van der Waals surface area contributed by atoms with Gasteiger partial charge in [-0.3, -0.25) is 4.90 Å². The van der Waals surface area contributed by atoms with Crippen LogP contribution in [0.5, 0.6) is 0 Å². The van der Waals surface area contributed by atoms with Crippen LogP contribution >= 0.6 is 11.6 Å². The van der Waals surface area contributed by atoms with Crippen molar-refractivity contribution in [1.29, 1.82) is 0 Å². The van der Waals surface area contributed by atoms with Crippen LogP contribution in [0.1, 0.15) is 12.8 Å². The summed E-state index contributed by atoms with van der Waals surface area (Å²) in [4.78, 5) is 4.92. The zero-order chi connectivity index (χ0) is 10.9. The molecule has 0 aromatic rings. The summed E-state index contributed by atoms with van der Waals surface area (Å²) in [7, 11) is 1.75. The van der Waals surface area contributed by atoms with E-state index in [0.29, 0.717) is 5.88 Å². The van der Waals surface area contributed by atoms with Gasteiger partial charge in [-0.2, -0.15) is 0 Å². The van der Waals surface area contributed by atoms with E-state index in [1.807, 2.05) is 0 Å². The largest absolute Gasteiger partial charge is 0.383 e. The van der Waals surface area contributed by atoms with Crippen LogP contribution in [0, 0.1) is 0 Å². The van der Waals surface area contributed by atoms with E-state index in [1.54, 1.807) is 7.11 Å². The number of hydrogen-bond donors (Lipinski definition) is 0. The fourth-order valence-electron chi connectivity index (χ4n) is 1.96. The summed E-state index contributed by atoms with van der Waals surface area (Å²) in [5.74, 6) is 0.712. The molecule has 0 bridgehead atoms. The van der Waals surface area contributed by atoms with Crippen molar-refractivity contribution >= 4 is 11.6 Å². The Hall–Kier alpha value is 0.170. The molecule has 1 fully saturated rings. The Bertz CT molecular complexity index is 152. The highest BCUT2D eigenvalue weighted by molar-refractivity contribution is 6.18. The Balaban J connectivity index is 2.11. The molecule has 0 aromatic carbocycles. The second-order valence-corrected chi connectivity index (χ2v) is 4.45. The van der Waals surface area contributed by atoms with Gasteiger partial charge in [-0.1, -0.05) is 0 Å². The first-order valence-electron chi connectivity index (χ1n) is 5.86. The third-order valence-corrected chi connectivity index (χ3v) is 3.11. The number of ether oxygens (including phenoxy) is 1. The van der Waals surface area contributed by atoms with Crippen LogP contribution < -0.4 is 0 Å². The predicted molar refractivity (Wildman–Crippen MR) is 64.7 cm³/mol. The molecule has 0 N–H and O–H groups in total. The molecule has 90 valence electrons. The summed E-state index contributed by atoms with van der Waals surface area (Å²) in [6, 6.07) is 0. The van der Waals surface area contributed by atoms with Crippen LogP contribution in [-0.2, 0) is 4.74 Å². The molecule has 0 spiro atoms. The molecular weight excluding hydrogens is 212 g/mol. The van der Waals surface area contributed by atoms with Crippen LogP contribution in [0.2, 0.25) is 0 Å². The standard InChI is InChI=1S/C11H23ClN2O/c1-15-11-10-14(7-4-12)9-8-13-5-2-3-6-13/h2-11H2,1H3. The molecule has 1 aliphatic heterocycles. The Labute approximate surface area is 98.3 Å². The Morgan fingerprint density at radius 2 is 1.93 bits per heavy atom. The molecule has 0 radical (unpaired) electrons. The van der Waals surface area contributed by atoms with Crippen molar-refractivity contribution in [1.82, 2.24) is 9.80 Å². The third kappa shape index (κ3) is 5.71. The minimum atomic E-state index is 0.712. The Kier molecular flexibility index (Phi) is 7.36. The second-order valence-electron chi connectivity index (χ2n) is 4.07. The van der Waals surface area contributed by atoms with E-state index < -0.39 is 0 Å². The zero-order valence-electron chi connectivity index (χ0n) is 9.75. The average molecular weight is 235 g/mol. The van der Waals surface area contributed by atoms with Gasteiger partial charge in [-0.05, 0) is 25.9 Å². The average Bonchev–Trinajstić information content (AvgIpc) is 2.75. The molecule has 0 aliphatic carbocycles. The summed E-state index contributed by atoms with van der Waals surface area (Å²) in [5, 5.41) is 0. The molecule has 0 amide bonds. The van der Waals surface area contributed by atoms with Gasteiger partial charge in [0.1, 0.15) is 0 Å². The Morgan fingerprint density at radius 3 is 2.53 bits per heavy atom. The normalized spacial score (nSPS) is 17.8. The topological polar surface area (TPSA) is 15.7 Å². The van der Waals surface area contributed by atoms with Crippen LogP contribution in [0.4, 0.5) is 0 Å². The van der Waals surface area contributed by atoms with E-state index in [0.717, 1.165) is 26.2 Å². The SMILES string of the molecule is COCCN(CCCl)CCN1CCCC1. The summed E-state index contributed by atoms with van der Waals surface area (Å²) >= 11 is 5.77. The van der Waals surface area contributed by atoms with Gasteiger partial charge in [0.15, 0.2) is 0 Å². The fourth-order valence-corrected chi connectivity index (χ4v) is 2.20. The van der Waals surface area contributed by atoms with Crippen molar-refractivity contribution in [3.05, 3.63) is 0 Å². The van der Waals surface area contributed by atoms with Gasteiger partial charge < -0.3 is 9.64 Å². The van der Waals surface area contributed by atoms with Crippen LogP contribution in [-0.4, -0.2) is 68.7 Å². The molecule has 1 aliphatic rings. The molecule has 1 heterocycles. The molecule has 0 aromatic heterocycles. The Morgan fingerprint density at radius 1 is 1.20 bits per heavy atom. The van der Waals surface area contributed by atoms with Gasteiger partial charge >= 0.3 is 0 Å². The highest BCUT2D eigenvalue weighted by Gasteiger charge is 2.12. The minimum absolute atomic E-state index is 0.712. The molecule has 4 heteroatoms. The van der Waals surface area contributed by atoms with Crippen molar-refractivity contribution < 1.29 is 4.74 Å². The van der Waals surface area contributed by atoms with Gasteiger partial charge in [0.2, 0.25) is 0 Å². The first-order valence-corrected chi connectivity index (χ1v) is 6.40. The summed E-state index contributed by atoms with van der Waals surface area (Å²) in [5.41, 5.74) is 0. The smallest absolute Gasteiger partial charge is 0.0589 e. The van der Waals surface area contributed by atoms with Crippen LogP contribution in [0.3, 0.4) is 0 Å². The highest BCUT2D eigenvalue weighted by atomic mass is 35.5. The van der Waals surface area contributed by atoms with Gasteiger partial charge in [0.05, 0.1) is 6.61 Å². The maximum atomic E-state index is 5.77. The molecule has 1 rings (SSSR count). The lowest BCUT2D eigenvalue weighted by Gasteiger charge is -2.24. The van der Waals surface area contributed by atoms with Crippen molar-refractivity contribution in [3.8, 4) is 0 Å². The van der Waals surface area contributed by atoms with Crippen molar-refractivity contribution in [2.75, 3.05) is 58.9 Å². The van der Waals surface area contributed by atoms with E-state index in [-0.39, 0.29) is 0 Å². The number of likely N-dealkylation sites (tertiary alicyclic amines) is 1. The lowest BCUT2D eigenvalue weighted by Crippen LogP contribution is -2.36. The molecule has 0 saturated carbocycles. The van der Waals surface area contributed by atoms with Crippen molar-refractivity contribution in [2.45, 2.75) is 12.8 Å². The van der Waals surface area contributed by atoms with Gasteiger partial charge in [0.25, 0.3) is 0 Å². The second kappa shape index (κ2) is 8.34. The molecule has 0 unspecified atom stereocenters. The quantitative estimate of drug-likeness (QED) is 0.589. The number of halogens is 1. The predicted octanol–water partition coefficient (Wildman–Crippen LogP) is 1.27. The first-order chi connectivity index (χ1) is 7.36. The third-order valence-electron chi connectivity index (χ3n) is 2.94. The molecule has 1 saturated heterocycles. The molecule has 15 heavy (non-hydrogen) atoms. The number of rotatable bonds is 8. The fraction of sp³-hybridized carbons (Fsp3) is 1.00. The molecular formula is C11H23ClN2O. The lowest BCUT2D eigenvalue weighted by molar-refractivity contribution is 0.143. The summed E-state index contributed by atoms with van der Waals surface area (Å²) in [6.07, 6.45) is 2.74. The summed E-state index contributed by atoms with van der Waals surface area (Å²) < 4.78 is 5.09. The van der Waals surface area contributed by atoms with E-state index in [1.165, 1.54) is 32.5 Å². The van der Waals surface area contributed by atoms with Crippen molar-refractivity contribution in [3.63, 3.8) is 0 Å². The first kappa shape index (κ1) is 13.2. The van der Waals surface area contributed by atoms with Gasteiger partial charge in [-0.15, -0.1) is 11.6 Å². The van der Waals surface area contributed by atoms with E-state index >= 15 is 0 Å². The van der Waals surface area contributed by atoms with Crippen molar-refractivity contribution in [2.24, 2.45) is 0 Å². The summed E-state index contributed by atoms with van der Waals surface area (Å²) in [6.45, 7) is 7.63. The molecule has 3 nitrogen and oxygen atoms in total. The zero-order valence-corrected chi connectivity index (χ0v) is 10.5. The number of nitrogens with zero attached hydrogens (tertiary/aromatic N) is 2. The number of alkyl halides is 1. The van der Waals surface area contributed by atoms with E-state index in [2.05, 4.69) is 9.80 Å².